The van der Waals surface area contributed by atoms with Crippen molar-refractivity contribution >= 4 is 33.6 Å². The Bertz CT molecular complexity index is 2440. The van der Waals surface area contributed by atoms with Gasteiger partial charge in [-0.1, -0.05) is 321 Å². The lowest BCUT2D eigenvalue weighted by Crippen LogP contribution is -2.30. The van der Waals surface area contributed by atoms with Crippen molar-refractivity contribution in [3.05, 3.63) is 134 Å². The van der Waals surface area contributed by atoms with E-state index in [1.807, 2.05) is 0 Å². The van der Waals surface area contributed by atoms with Crippen molar-refractivity contribution in [2.24, 2.45) is 0 Å². The second kappa shape index (κ2) is 79.2. The van der Waals surface area contributed by atoms with Crippen molar-refractivity contribution in [3.63, 3.8) is 0 Å². The highest BCUT2D eigenvalue weighted by molar-refractivity contribution is 7.47. The van der Waals surface area contributed by atoms with Gasteiger partial charge < -0.3 is 34.2 Å². The normalized spacial score (nSPS) is 14.6. The van der Waals surface area contributed by atoms with Gasteiger partial charge in [0.2, 0.25) is 0 Å². The molecule has 0 aromatic carbocycles. The Morgan fingerprint density at radius 1 is 0.276 bits per heavy atom. The van der Waals surface area contributed by atoms with Crippen molar-refractivity contribution < 1.29 is 75.8 Å². The zero-order valence-electron chi connectivity index (χ0n) is 66.1. The standard InChI is InChI=1S/C87H150O16P2/c1-4-7-10-13-16-19-22-25-27-29-31-33-35-37-38-39-40-41-42-44-46-47-49-51-53-56-58-61-64-67-70-73-85(90)97-76-82(88)77-99-104(93,94)100-78-83(89)79-101-105(95,96)102-81-84(103-87(92)75-72-69-66-63-60-55-24-21-18-15-12-9-6-3)80-98-86(91)74-71-68-65-62-59-57-54-52-50-48-45-43-36-34-32-30-28-26-23-20-17-14-11-8-5-2/h8,11-12,15-17,19-21,24-28,31-34,37-38,43,45,82-84,88-89H,4-7,9-10,13-14,18,22-23,29-30,35-36,39-42,44,46-81H2,1-3H3,(H,93,94)(H,95,96)/b11-8-,15-12-,19-16-,20-17-,24-21-,27-25-,28-26-,33-31-,34-32-,38-37-,45-43-. The number of aliphatic hydroxyl groups is 2. The Kier molecular flexibility index (Phi) is 76.0. The fourth-order valence-corrected chi connectivity index (χ4v) is 12.6. The third kappa shape index (κ3) is 80.5. The van der Waals surface area contributed by atoms with Gasteiger partial charge in [-0.25, -0.2) is 9.13 Å². The summed E-state index contributed by atoms with van der Waals surface area (Å²) in [7, 11) is -9.80. The minimum Gasteiger partial charge on any atom is -0.463 e. The summed E-state index contributed by atoms with van der Waals surface area (Å²) in [5.74, 6) is -1.59. The van der Waals surface area contributed by atoms with Crippen LogP contribution < -0.4 is 0 Å². The van der Waals surface area contributed by atoms with E-state index in [2.05, 4.69) is 154 Å². The summed E-state index contributed by atoms with van der Waals surface area (Å²) in [6.07, 6.45) is 96.5. The number of phosphoric acid groups is 2. The molecule has 16 nitrogen and oxygen atoms in total. The number of hydrogen-bond donors (Lipinski definition) is 4. The molecule has 0 spiro atoms. The molecule has 0 radical (unpaired) electrons. The molecule has 0 saturated carbocycles. The van der Waals surface area contributed by atoms with E-state index >= 15 is 0 Å². The summed E-state index contributed by atoms with van der Waals surface area (Å²) in [6, 6.07) is 0. The van der Waals surface area contributed by atoms with Gasteiger partial charge in [0.25, 0.3) is 0 Å². The summed E-state index contributed by atoms with van der Waals surface area (Å²) < 4.78 is 61.2. The number of rotatable bonds is 78. The van der Waals surface area contributed by atoms with Crippen LogP contribution in [0.5, 0.6) is 0 Å². The van der Waals surface area contributed by atoms with Crippen molar-refractivity contribution in [1.82, 2.24) is 0 Å². The molecule has 0 heterocycles. The lowest BCUT2D eigenvalue weighted by atomic mass is 10.0. The predicted molar refractivity (Wildman–Crippen MR) is 436 cm³/mol. The van der Waals surface area contributed by atoms with Gasteiger partial charge in [0.05, 0.1) is 26.4 Å². The highest BCUT2D eigenvalue weighted by Crippen LogP contribution is 2.45. The van der Waals surface area contributed by atoms with Crippen molar-refractivity contribution in [1.29, 1.82) is 0 Å². The number of carbonyl (C=O) groups excluding carboxylic acids is 3. The molecule has 0 fully saturated rings. The average molecular weight is 1510 g/mol. The van der Waals surface area contributed by atoms with Gasteiger partial charge in [0.15, 0.2) is 6.10 Å². The third-order valence-electron chi connectivity index (χ3n) is 17.3. The number of allylic oxidation sites excluding steroid dienone is 22. The molecule has 0 aliphatic carbocycles. The summed E-state index contributed by atoms with van der Waals surface area (Å²) in [6.45, 7) is 2.47. The van der Waals surface area contributed by atoms with Gasteiger partial charge in [-0.15, -0.1) is 0 Å². The molecule has 105 heavy (non-hydrogen) atoms. The van der Waals surface area contributed by atoms with Crippen molar-refractivity contribution in [2.75, 3.05) is 39.6 Å². The molecule has 0 bridgehead atoms. The summed E-state index contributed by atoms with van der Waals surface area (Å²) in [5.41, 5.74) is 0. The Morgan fingerprint density at radius 3 is 0.838 bits per heavy atom. The molecule has 0 rings (SSSR count). The van der Waals surface area contributed by atoms with E-state index in [9.17, 15) is 43.5 Å². The minimum atomic E-state index is -4.94. The molecular formula is C87H150O16P2. The highest BCUT2D eigenvalue weighted by atomic mass is 31.2. The van der Waals surface area contributed by atoms with Gasteiger partial charge in [0, 0.05) is 19.3 Å². The maximum atomic E-state index is 13.0. The molecule has 4 N–H and O–H groups in total. The van der Waals surface area contributed by atoms with Crippen LogP contribution in [-0.2, 0) is 55.8 Å². The van der Waals surface area contributed by atoms with Gasteiger partial charge in [-0.05, 0) is 135 Å². The van der Waals surface area contributed by atoms with Crippen LogP contribution in [0.15, 0.2) is 134 Å². The van der Waals surface area contributed by atoms with E-state index in [4.69, 9.17) is 32.3 Å². The van der Waals surface area contributed by atoms with Crippen LogP contribution in [0.1, 0.15) is 342 Å². The molecule has 0 aliphatic rings. The Hall–Kier alpha value is -4.31. The molecule has 18 heteroatoms. The fourth-order valence-electron chi connectivity index (χ4n) is 11.0. The quantitative estimate of drug-likeness (QED) is 0.0146. The average Bonchev–Trinajstić information content (AvgIpc) is 0.914. The Morgan fingerprint density at radius 2 is 0.524 bits per heavy atom. The molecule has 0 aromatic heterocycles. The Labute approximate surface area is 639 Å². The molecule has 0 aliphatic heterocycles. The first-order chi connectivity index (χ1) is 51.2. The molecule has 5 atom stereocenters. The van der Waals surface area contributed by atoms with E-state index in [0.29, 0.717) is 19.3 Å². The number of phosphoric ester groups is 2. The van der Waals surface area contributed by atoms with E-state index in [1.54, 1.807) is 0 Å². The van der Waals surface area contributed by atoms with E-state index in [1.165, 1.54) is 128 Å². The fraction of sp³-hybridized carbons (Fsp3) is 0.713. The van der Waals surface area contributed by atoms with Gasteiger partial charge in [0.1, 0.15) is 25.4 Å². The number of carbonyl (C=O) groups is 3. The molecule has 0 saturated heterocycles. The zero-order chi connectivity index (χ0) is 76.6. The topological polar surface area (TPSA) is 231 Å². The summed E-state index contributed by atoms with van der Waals surface area (Å²) in [5, 5.41) is 20.7. The third-order valence-corrected chi connectivity index (χ3v) is 19.2. The molecule has 0 amide bonds. The zero-order valence-corrected chi connectivity index (χ0v) is 67.9. The minimum absolute atomic E-state index is 0.0847. The lowest BCUT2D eigenvalue weighted by Gasteiger charge is -2.21. The van der Waals surface area contributed by atoms with Crippen molar-refractivity contribution in [2.45, 2.75) is 360 Å². The number of hydrogen-bond acceptors (Lipinski definition) is 14. The maximum absolute atomic E-state index is 13.0. The van der Waals surface area contributed by atoms with Gasteiger partial charge in [-0.3, -0.25) is 32.5 Å². The number of ether oxygens (including phenoxy) is 3. The molecular weight excluding hydrogens is 1360 g/mol. The van der Waals surface area contributed by atoms with Crippen LogP contribution in [-0.4, -0.2) is 95.9 Å². The largest absolute Gasteiger partial charge is 0.472 e. The van der Waals surface area contributed by atoms with E-state index < -0.39 is 91.5 Å². The second-order valence-electron chi connectivity index (χ2n) is 27.5. The van der Waals surface area contributed by atoms with Crippen LogP contribution in [0.4, 0.5) is 0 Å². The van der Waals surface area contributed by atoms with E-state index in [0.717, 1.165) is 154 Å². The smallest absolute Gasteiger partial charge is 0.463 e. The second-order valence-corrected chi connectivity index (χ2v) is 30.4. The highest BCUT2D eigenvalue weighted by Gasteiger charge is 2.29. The van der Waals surface area contributed by atoms with Crippen LogP contribution in [0, 0.1) is 0 Å². The molecule has 604 valence electrons. The number of aliphatic hydroxyl groups excluding tert-OH is 2. The van der Waals surface area contributed by atoms with Crippen LogP contribution in [0.3, 0.4) is 0 Å². The molecule has 5 unspecified atom stereocenters. The molecule has 0 aromatic rings. The van der Waals surface area contributed by atoms with Crippen molar-refractivity contribution in [3.8, 4) is 0 Å². The van der Waals surface area contributed by atoms with Crippen LogP contribution in [0.25, 0.3) is 0 Å². The lowest BCUT2D eigenvalue weighted by molar-refractivity contribution is -0.161. The first-order valence-corrected chi connectivity index (χ1v) is 44.5. The van der Waals surface area contributed by atoms with Crippen LogP contribution >= 0.6 is 15.6 Å². The predicted octanol–water partition coefficient (Wildman–Crippen LogP) is 24.7. The monoisotopic (exact) mass is 1510 g/mol. The number of unbranched alkanes of at least 4 members (excludes halogenated alkanes) is 33. The summed E-state index contributed by atoms with van der Waals surface area (Å²) >= 11 is 0. The number of esters is 3. The SMILES string of the molecule is CC/C=C\C/C=C\C/C=C\C/C=C\C/C=C\CCCCCCCCCCCC(=O)OCC(COP(=O)(O)OCC(O)COP(=O)(O)OCC(O)COC(=O)CCCCCCCCCCCCCCCCC/C=C\C/C=C\C/C=C\C/C=C\CCCCC)OC(=O)CCCCCCC/C=C\C/C=C\CCC. The Balaban J connectivity index is 4.46. The summed E-state index contributed by atoms with van der Waals surface area (Å²) in [4.78, 5) is 58.7. The van der Waals surface area contributed by atoms with Crippen LogP contribution in [0.2, 0.25) is 0 Å². The maximum Gasteiger partial charge on any atom is 0.472 e. The first-order valence-electron chi connectivity index (χ1n) is 41.5. The van der Waals surface area contributed by atoms with Gasteiger partial charge in [-0.2, -0.15) is 0 Å². The van der Waals surface area contributed by atoms with Gasteiger partial charge >= 0.3 is 33.6 Å². The first kappa shape index (κ1) is 101. The van der Waals surface area contributed by atoms with E-state index in [-0.39, 0.29) is 19.3 Å².